The Morgan fingerprint density at radius 1 is 0.733 bits per heavy atom. The molecule has 0 unspecified atom stereocenters. The second-order valence-electron chi connectivity index (χ2n) is 5.90. The summed E-state index contributed by atoms with van der Waals surface area (Å²) in [5.41, 5.74) is 1.17. The van der Waals surface area contributed by atoms with Crippen LogP contribution < -0.4 is 10.3 Å². The van der Waals surface area contributed by atoms with Gasteiger partial charge in [-0.1, -0.05) is 42.5 Å². The lowest BCUT2D eigenvalue weighted by Gasteiger charge is -2.07. The van der Waals surface area contributed by atoms with Gasteiger partial charge in [-0.2, -0.15) is 0 Å². The summed E-state index contributed by atoms with van der Waals surface area (Å²) in [7, 11) is -7.40. The molecule has 30 heavy (non-hydrogen) atoms. The largest absolute Gasteiger partial charge is 0.478 e. The third-order valence-electron chi connectivity index (χ3n) is 3.78. The summed E-state index contributed by atoms with van der Waals surface area (Å²) in [6.45, 7) is 0. The Balaban J connectivity index is 0.000000248. The second-order valence-corrected chi connectivity index (χ2v) is 9.81. The van der Waals surface area contributed by atoms with Crippen molar-refractivity contribution in [2.45, 2.75) is 9.79 Å². The molecule has 0 amide bonds. The molecule has 158 valence electrons. The van der Waals surface area contributed by atoms with Crippen molar-refractivity contribution in [3.8, 4) is 11.1 Å². The Labute approximate surface area is 182 Å². The van der Waals surface area contributed by atoms with Gasteiger partial charge in [0.15, 0.2) is 0 Å². The molecule has 0 saturated carbocycles. The molecule has 0 aliphatic carbocycles. The number of hydrogen-bond donors (Lipinski definition) is 3. The molecular formula is C19H17BrN2O6S2. The first kappa shape index (κ1) is 23.7. The average molecular weight is 513 g/mol. The van der Waals surface area contributed by atoms with Crippen LogP contribution in [0.3, 0.4) is 0 Å². The number of rotatable bonds is 4. The Hall–Kier alpha value is -2.57. The van der Waals surface area contributed by atoms with Gasteiger partial charge in [-0.15, -0.1) is 0 Å². The van der Waals surface area contributed by atoms with E-state index in [1.807, 2.05) is 0 Å². The standard InChI is InChI=1S/C13H11NO4S.C6H6BrNO2S/c14-19(17,18)12-4-2-1-3-11(12)9-5-7-10(8-6-9)13(15)16;7-5-3-1-2-4-6(5)11(8,9)10/h1-8H,(H,15,16)(H2,14,17,18);1-4H,(H2,8,9,10). The molecule has 3 aromatic rings. The number of carboxylic acids is 1. The maximum Gasteiger partial charge on any atom is 0.335 e. The highest BCUT2D eigenvalue weighted by atomic mass is 79.9. The van der Waals surface area contributed by atoms with E-state index in [1.54, 1.807) is 48.5 Å². The lowest BCUT2D eigenvalue weighted by molar-refractivity contribution is 0.0697. The van der Waals surface area contributed by atoms with E-state index in [4.69, 9.17) is 15.4 Å². The van der Waals surface area contributed by atoms with Crippen LogP contribution in [0.5, 0.6) is 0 Å². The summed E-state index contributed by atoms with van der Waals surface area (Å²) in [6, 6.07) is 18.6. The van der Waals surface area contributed by atoms with Gasteiger partial charge in [0.25, 0.3) is 0 Å². The van der Waals surface area contributed by atoms with Crippen LogP contribution in [0.25, 0.3) is 11.1 Å². The fraction of sp³-hybridized carbons (Fsp3) is 0. The zero-order valence-electron chi connectivity index (χ0n) is 15.3. The Morgan fingerprint density at radius 2 is 1.20 bits per heavy atom. The van der Waals surface area contributed by atoms with Gasteiger partial charge >= 0.3 is 5.97 Å². The lowest BCUT2D eigenvalue weighted by atomic mass is 10.0. The van der Waals surface area contributed by atoms with Crippen molar-refractivity contribution < 1.29 is 26.7 Å². The quantitative estimate of drug-likeness (QED) is 0.487. The van der Waals surface area contributed by atoms with Crippen LogP contribution in [0, 0.1) is 0 Å². The number of sulfonamides is 2. The van der Waals surface area contributed by atoms with Crippen molar-refractivity contribution >= 4 is 41.9 Å². The van der Waals surface area contributed by atoms with Crippen LogP contribution in [0.1, 0.15) is 10.4 Å². The Bertz CT molecular complexity index is 1270. The molecule has 0 atom stereocenters. The molecule has 0 aliphatic rings. The Kier molecular flexibility index (Phi) is 7.50. The minimum Gasteiger partial charge on any atom is -0.478 e. The number of aromatic carboxylic acids is 1. The smallest absolute Gasteiger partial charge is 0.335 e. The van der Waals surface area contributed by atoms with E-state index >= 15 is 0 Å². The molecule has 0 bridgehead atoms. The zero-order valence-corrected chi connectivity index (χ0v) is 18.5. The van der Waals surface area contributed by atoms with Gasteiger partial charge in [0, 0.05) is 10.0 Å². The summed E-state index contributed by atoms with van der Waals surface area (Å²) in [4.78, 5) is 10.9. The molecule has 0 saturated heterocycles. The van der Waals surface area contributed by atoms with Crippen LogP contribution in [-0.2, 0) is 20.0 Å². The number of carboxylic acid groups (broad SMARTS) is 1. The highest BCUT2D eigenvalue weighted by molar-refractivity contribution is 9.10. The number of halogens is 1. The van der Waals surface area contributed by atoms with E-state index in [0.717, 1.165) is 0 Å². The molecule has 0 radical (unpaired) electrons. The van der Waals surface area contributed by atoms with Gasteiger partial charge in [-0.25, -0.2) is 31.9 Å². The van der Waals surface area contributed by atoms with Crippen LogP contribution in [0.2, 0.25) is 0 Å². The first-order valence-electron chi connectivity index (χ1n) is 8.14. The highest BCUT2D eigenvalue weighted by Crippen LogP contribution is 2.26. The summed E-state index contributed by atoms with van der Waals surface area (Å²) in [5.74, 6) is -1.04. The molecule has 8 nitrogen and oxygen atoms in total. The molecule has 0 aliphatic heterocycles. The van der Waals surface area contributed by atoms with Crippen molar-refractivity contribution in [2.24, 2.45) is 10.3 Å². The van der Waals surface area contributed by atoms with Gasteiger partial charge in [0.2, 0.25) is 20.0 Å². The average Bonchev–Trinajstić information content (AvgIpc) is 2.67. The third kappa shape index (κ3) is 6.21. The predicted octanol–water partition coefficient (Wildman–Crippen LogP) is 2.80. The van der Waals surface area contributed by atoms with E-state index < -0.39 is 26.0 Å². The molecule has 11 heteroatoms. The molecule has 3 aromatic carbocycles. The predicted molar refractivity (Wildman–Crippen MR) is 116 cm³/mol. The van der Waals surface area contributed by atoms with E-state index in [-0.39, 0.29) is 15.4 Å². The number of benzene rings is 3. The highest BCUT2D eigenvalue weighted by Gasteiger charge is 2.14. The molecule has 0 spiro atoms. The number of hydrogen-bond acceptors (Lipinski definition) is 5. The summed E-state index contributed by atoms with van der Waals surface area (Å²) >= 11 is 3.07. The van der Waals surface area contributed by atoms with Gasteiger partial charge < -0.3 is 5.11 Å². The number of primary sulfonamides is 2. The van der Waals surface area contributed by atoms with Gasteiger partial charge in [-0.05, 0) is 51.8 Å². The van der Waals surface area contributed by atoms with Crippen LogP contribution in [-0.4, -0.2) is 27.9 Å². The van der Waals surface area contributed by atoms with Crippen LogP contribution in [0.4, 0.5) is 0 Å². The molecule has 3 rings (SSSR count). The van der Waals surface area contributed by atoms with Crippen molar-refractivity contribution in [3.63, 3.8) is 0 Å². The minimum absolute atomic E-state index is 0.0121. The van der Waals surface area contributed by atoms with Gasteiger partial charge in [0.1, 0.15) is 0 Å². The van der Waals surface area contributed by atoms with E-state index in [2.05, 4.69) is 15.9 Å². The van der Waals surface area contributed by atoms with Gasteiger partial charge in [0.05, 0.1) is 15.4 Å². The molecule has 0 heterocycles. The first-order chi connectivity index (χ1) is 13.9. The SMILES string of the molecule is NS(=O)(=O)c1ccccc1-c1ccc(C(=O)O)cc1.NS(=O)(=O)c1ccccc1Br. The zero-order chi connectivity index (χ0) is 22.5. The maximum atomic E-state index is 11.5. The van der Waals surface area contributed by atoms with Crippen LogP contribution in [0.15, 0.2) is 87.1 Å². The Morgan fingerprint density at radius 3 is 1.63 bits per heavy atom. The van der Waals surface area contributed by atoms with Gasteiger partial charge in [-0.3, -0.25) is 0 Å². The summed E-state index contributed by atoms with van der Waals surface area (Å²) < 4.78 is 45.1. The molecule has 0 fully saturated rings. The van der Waals surface area contributed by atoms with E-state index in [1.165, 1.54) is 24.3 Å². The van der Waals surface area contributed by atoms with E-state index in [0.29, 0.717) is 15.6 Å². The van der Waals surface area contributed by atoms with Crippen molar-refractivity contribution in [2.75, 3.05) is 0 Å². The van der Waals surface area contributed by atoms with Crippen molar-refractivity contribution in [1.29, 1.82) is 0 Å². The normalized spacial score (nSPS) is 11.3. The third-order valence-corrected chi connectivity index (χ3v) is 6.67. The maximum absolute atomic E-state index is 11.5. The lowest BCUT2D eigenvalue weighted by Crippen LogP contribution is -2.13. The van der Waals surface area contributed by atoms with Crippen molar-refractivity contribution in [1.82, 2.24) is 0 Å². The van der Waals surface area contributed by atoms with E-state index in [9.17, 15) is 21.6 Å². The minimum atomic E-state index is -3.82. The molecule has 0 aromatic heterocycles. The number of carbonyl (C=O) groups is 1. The summed E-state index contributed by atoms with van der Waals surface area (Å²) in [5, 5.41) is 18.9. The summed E-state index contributed by atoms with van der Waals surface area (Å²) in [6.07, 6.45) is 0. The van der Waals surface area contributed by atoms with Crippen molar-refractivity contribution in [3.05, 3.63) is 82.8 Å². The topological polar surface area (TPSA) is 158 Å². The monoisotopic (exact) mass is 512 g/mol. The second kappa shape index (κ2) is 9.49. The molecular weight excluding hydrogens is 496 g/mol. The first-order valence-corrected chi connectivity index (χ1v) is 12.0. The molecule has 5 N–H and O–H groups in total. The fourth-order valence-electron chi connectivity index (χ4n) is 2.42. The number of nitrogens with two attached hydrogens (primary N) is 2. The van der Waals surface area contributed by atoms with Crippen LogP contribution >= 0.6 is 15.9 Å². The fourth-order valence-corrected chi connectivity index (χ4v) is 4.75.